The van der Waals surface area contributed by atoms with Crippen molar-refractivity contribution in [2.75, 3.05) is 33.3 Å². The molecule has 2 aromatic rings. The Hall–Kier alpha value is -1.91. The molecule has 1 aliphatic heterocycles. The van der Waals surface area contributed by atoms with Crippen molar-refractivity contribution in [2.45, 2.75) is 6.04 Å². The highest BCUT2D eigenvalue weighted by atomic mass is 19.1. The van der Waals surface area contributed by atoms with Crippen molar-refractivity contribution in [3.05, 3.63) is 65.5 Å². The van der Waals surface area contributed by atoms with Crippen molar-refractivity contribution in [3.63, 3.8) is 0 Å². The Kier molecular flexibility index (Phi) is 4.71. The molecule has 1 saturated heterocycles. The molecule has 1 aliphatic rings. The van der Waals surface area contributed by atoms with Gasteiger partial charge in [0.25, 0.3) is 0 Å². The van der Waals surface area contributed by atoms with E-state index in [0.717, 1.165) is 43.1 Å². The highest BCUT2D eigenvalue weighted by Gasteiger charge is 2.26. The van der Waals surface area contributed by atoms with Crippen LogP contribution in [0.15, 0.2) is 48.5 Å². The lowest BCUT2D eigenvalue weighted by Gasteiger charge is -2.36. The van der Waals surface area contributed by atoms with Gasteiger partial charge in [0, 0.05) is 31.7 Å². The first-order chi connectivity index (χ1) is 10.8. The minimum Gasteiger partial charge on any atom is -0.496 e. The first-order valence-electron chi connectivity index (χ1n) is 7.63. The van der Waals surface area contributed by atoms with E-state index in [1.54, 1.807) is 19.2 Å². The third kappa shape index (κ3) is 3.13. The molecule has 0 saturated carbocycles. The molecule has 22 heavy (non-hydrogen) atoms. The van der Waals surface area contributed by atoms with E-state index in [-0.39, 0.29) is 11.9 Å². The average molecular weight is 300 g/mol. The van der Waals surface area contributed by atoms with Gasteiger partial charge in [0.2, 0.25) is 0 Å². The highest BCUT2D eigenvalue weighted by Crippen LogP contribution is 2.34. The fourth-order valence-electron chi connectivity index (χ4n) is 3.10. The molecule has 2 aromatic carbocycles. The molecule has 1 atom stereocenters. The van der Waals surface area contributed by atoms with Crippen LogP contribution in [-0.4, -0.2) is 38.2 Å². The summed E-state index contributed by atoms with van der Waals surface area (Å²) < 4.78 is 19.3. The first kappa shape index (κ1) is 15.0. The van der Waals surface area contributed by atoms with Crippen LogP contribution >= 0.6 is 0 Å². The van der Waals surface area contributed by atoms with Crippen molar-refractivity contribution < 1.29 is 9.13 Å². The van der Waals surface area contributed by atoms with Gasteiger partial charge in [0.1, 0.15) is 11.6 Å². The number of hydrogen-bond acceptors (Lipinski definition) is 3. The summed E-state index contributed by atoms with van der Waals surface area (Å²) in [6.07, 6.45) is 0. The summed E-state index contributed by atoms with van der Waals surface area (Å²) in [6, 6.07) is 14.9. The smallest absolute Gasteiger partial charge is 0.123 e. The molecule has 0 bridgehead atoms. The normalized spacial score (nSPS) is 17.2. The van der Waals surface area contributed by atoms with E-state index in [1.165, 1.54) is 6.07 Å². The van der Waals surface area contributed by atoms with Crippen LogP contribution in [0.4, 0.5) is 4.39 Å². The van der Waals surface area contributed by atoms with E-state index < -0.39 is 0 Å². The van der Waals surface area contributed by atoms with Crippen LogP contribution in [-0.2, 0) is 0 Å². The standard InChI is InChI=1S/C18H21FN2O/c1-22-17-8-3-2-7-16(17)18(21-11-9-20-10-12-21)14-5-4-6-15(19)13-14/h2-8,13,18,20H,9-12H2,1H3. The summed E-state index contributed by atoms with van der Waals surface area (Å²) in [4.78, 5) is 2.38. The quantitative estimate of drug-likeness (QED) is 0.939. The zero-order valence-electron chi connectivity index (χ0n) is 12.8. The number of methoxy groups -OCH3 is 1. The van der Waals surface area contributed by atoms with Crippen molar-refractivity contribution in [1.29, 1.82) is 0 Å². The van der Waals surface area contributed by atoms with Gasteiger partial charge >= 0.3 is 0 Å². The minimum atomic E-state index is -0.201. The maximum atomic E-state index is 13.7. The van der Waals surface area contributed by atoms with Crippen molar-refractivity contribution in [1.82, 2.24) is 10.2 Å². The van der Waals surface area contributed by atoms with Crippen LogP contribution in [0.25, 0.3) is 0 Å². The number of rotatable bonds is 4. The van der Waals surface area contributed by atoms with Gasteiger partial charge in [0.05, 0.1) is 13.2 Å². The van der Waals surface area contributed by atoms with E-state index in [2.05, 4.69) is 16.3 Å². The molecule has 0 aliphatic carbocycles. The van der Waals surface area contributed by atoms with Crippen LogP contribution in [0.3, 0.4) is 0 Å². The number of nitrogens with one attached hydrogen (secondary N) is 1. The number of para-hydroxylation sites is 1. The molecule has 4 heteroatoms. The molecule has 0 amide bonds. The highest BCUT2D eigenvalue weighted by molar-refractivity contribution is 5.42. The third-order valence-electron chi connectivity index (χ3n) is 4.11. The van der Waals surface area contributed by atoms with E-state index >= 15 is 0 Å². The Bertz CT molecular complexity index is 626. The van der Waals surface area contributed by atoms with E-state index in [0.29, 0.717) is 0 Å². The van der Waals surface area contributed by atoms with E-state index in [4.69, 9.17) is 4.74 Å². The summed E-state index contributed by atoms with van der Waals surface area (Å²) >= 11 is 0. The number of nitrogens with zero attached hydrogens (tertiary/aromatic N) is 1. The average Bonchev–Trinajstić information content (AvgIpc) is 2.57. The van der Waals surface area contributed by atoms with Crippen LogP contribution in [0.5, 0.6) is 5.75 Å². The fourth-order valence-corrected chi connectivity index (χ4v) is 3.10. The molecule has 3 nitrogen and oxygen atoms in total. The number of benzene rings is 2. The van der Waals surface area contributed by atoms with Crippen LogP contribution in [0, 0.1) is 5.82 Å². The molecular formula is C18H21FN2O. The molecular weight excluding hydrogens is 279 g/mol. The number of hydrogen-bond donors (Lipinski definition) is 1. The lowest BCUT2D eigenvalue weighted by Crippen LogP contribution is -2.45. The van der Waals surface area contributed by atoms with Gasteiger partial charge in [-0.05, 0) is 23.8 Å². The van der Waals surface area contributed by atoms with E-state index in [9.17, 15) is 4.39 Å². The lowest BCUT2D eigenvalue weighted by atomic mass is 9.95. The zero-order valence-corrected chi connectivity index (χ0v) is 12.8. The summed E-state index contributed by atoms with van der Waals surface area (Å²) in [6.45, 7) is 3.75. The number of halogens is 1. The van der Waals surface area contributed by atoms with Crippen molar-refractivity contribution in [3.8, 4) is 5.75 Å². The lowest BCUT2D eigenvalue weighted by molar-refractivity contribution is 0.195. The summed E-state index contributed by atoms with van der Waals surface area (Å²) in [5, 5.41) is 3.37. The second kappa shape index (κ2) is 6.90. The second-order valence-electron chi connectivity index (χ2n) is 5.49. The Morgan fingerprint density at radius 2 is 1.86 bits per heavy atom. The molecule has 3 rings (SSSR count). The van der Waals surface area contributed by atoms with Gasteiger partial charge in [-0.15, -0.1) is 0 Å². The van der Waals surface area contributed by atoms with Gasteiger partial charge in [-0.2, -0.15) is 0 Å². The molecule has 1 unspecified atom stereocenters. The largest absolute Gasteiger partial charge is 0.496 e. The van der Waals surface area contributed by atoms with Crippen LogP contribution in [0.2, 0.25) is 0 Å². The molecule has 1 fully saturated rings. The topological polar surface area (TPSA) is 24.5 Å². The predicted molar refractivity (Wildman–Crippen MR) is 85.7 cm³/mol. The van der Waals surface area contributed by atoms with Crippen molar-refractivity contribution >= 4 is 0 Å². The maximum Gasteiger partial charge on any atom is 0.123 e. The predicted octanol–water partition coefficient (Wildman–Crippen LogP) is 2.83. The Labute approximate surface area is 130 Å². The van der Waals surface area contributed by atoms with Gasteiger partial charge in [-0.3, -0.25) is 4.90 Å². The van der Waals surface area contributed by atoms with Crippen LogP contribution in [0.1, 0.15) is 17.2 Å². The fraction of sp³-hybridized carbons (Fsp3) is 0.333. The molecule has 116 valence electrons. The van der Waals surface area contributed by atoms with Gasteiger partial charge in [0.15, 0.2) is 0 Å². The van der Waals surface area contributed by atoms with Crippen molar-refractivity contribution in [2.24, 2.45) is 0 Å². The molecule has 1 heterocycles. The molecule has 0 spiro atoms. The molecule has 0 aromatic heterocycles. The minimum absolute atomic E-state index is 0.00829. The van der Waals surface area contributed by atoms with Gasteiger partial charge in [-0.1, -0.05) is 30.3 Å². The number of ether oxygens (including phenoxy) is 1. The summed E-state index contributed by atoms with van der Waals surface area (Å²) in [7, 11) is 1.68. The van der Waals surface area contributed by atoms with E-state index in [1.807, 2.05) is 24.3 Å². The maximum absolute atomic E-state index is 13.7. The third-order valence-corrected chi connectivity index (χ3v) is 4.11. The number of piperazine rings is 1. The first-order valence-corrected chi connectivity index (χ1v) is 7.63. The SMILES string of the molecule is COc1ccccc1C(c1cccc(F)c1)N1CCNCC1. The van der Waals surface area contributed by atoms with Gasteiger partial charge < -0.3 is 10.1 Å². The summed E-state index contributed by atoms with van der Waals surface area (Å²) in [5.74, 6) is 0.642. The zero-order chi connectivity index (χ0) is 15.4. The second-order valence-corrected chi connectivity index (χ2v) is 5.49. The molecule has 1 N–H and O–H groups in total. The monoisotopic (exact) mass is 300 g/mol. The Morgan fingerprint density at radius 3 is 2.59 bits per heavy atom. The molecule has 0 radical (unpaired) electrons. The Morgan fingerprint density at radius 1 is 1.09 bits per heavy atom. The van der Waals surface area contributed by atoms with Crippen LogP contribution < -0.4 is 10.1 Å². The Balaban J connectivity index is 2.05. The summed E-state index contributed by atoms with van der Waals surface area (Å²) in [5.41, 5.74) is 2.05. The van der Waals surface area contributed by atoms with Gasteiger partial charge in [-0.25, -0.2) is 4.39 Å².